The third-order valence-corrected chi connectivity index (χ3v) is 8.57. The molecule has 0 saturated carbocycles. The van der Waals surface area contributed by atoms with Gasteiger partial charge in [-0.25, -0.2) is 0 Å². The van der Waals surface area contributed by atoms with Gasteiger partial charge in [-0.05, 0) is 57.8 Å². The molecule has 0 heterocycles. The Bertz CT molecular complexity index is 821. The van der Waals surface area contributed by atoms with Crippen LogP contribution in [0.4, 0.5) is 0 Å². The molecule has 1 amide bonds. The molecule has 252 valence electrons. The second-order valence-corrected chi connectivity index (χ2v) is 13.6. The number of carbonyl (C=O) groups excluding carboxylic acids is 1. The standard InChI is InChI=1S/C36H67NO5S/c1-3-5-7-9-11-13-14-15-16-17-18-19-20-21-22-24-26-28-30-32-36(39)37-34(33-43(40,41)42)35(38)31-29-27-25-23-12-10-8-6-4-2/h12,15-16,23,29,31,34-35,38H,3-11,13-14,17-22,24-28,30,32-33H2,1-2H3,(H,37,39)(H,40,41,42)/b16-15-,23-12+,31-29+. The second kappa shape index (κ2) is 30.6. The van der Waals surface area contributed by atoms with E-state index in [2.05, 4.69) is 43.5 Å². The van der Waals surface area contributed by atoms with Crippen LogP contribution in [0.2, 0.25) is 0 Å². The van der Waals surface area contributed by atoms with Gasteiger partial charge in [0, 0.05) is 6.42 Å². The van der Waals surface area contributed by atoms with Gasteiger partial charge in [0.25, 0.3) is 10.1 Å². The van der Waals surface area contributed by atoms with E-state index >= 15 is 0 Å². The van der Waals surface area contributed by atoms with E-state index in [-0.39, 0.29) is 12.3 Å². The fourth-order valence-electron chi connectivity index (χ4n) is 5.11. The van der Waals surface area contributed by atoms with Gasteiger partial charge in [-0.15, -0.1) is 0 Å². The van der Waals surface area contributed by atoms with E-state index < -0.39 is 28.0 Å². The third kappa shape index (κ3) is 31.8. The van der Waals surface area contributed by atoms with E-state index in [0.717, 1.165) is 32.1 Å². The first-order valence-electron chi connectivity index (χ1n) is 17.7. The summed E-state index contributed by atoms with van der Waals surface area (Å²) in [7, 11) is -4.34. The highest BCUT2D eigenvalue weighted by Gasteiger charge is 2.24. The summed E-state index contributed by atoms with van der Waals surface area (Å²) >= 11 is 0. The van der Waals surface area contributed by atoms with Crippen molar-refractivity contribution in [2.24, 2.45) is 0 Å². The molecule has 2 atom stereocenters. The molecule has 43 heavy (non-hydrogen) atoms. The molecule has 0 aliphatic carbocycles. The van der Waals surface area contributed by atoms with Crippen LogP contribution >= 0.6 is 0 Å². The van der Waals surface area contributed by atoms with E-state index in [4.69, 9.17) is 0 Å². The average molecular weight is 626 g/mol. The molecule has 0 saturated heterocycles. The molecule has 0 aromatic rings. The van der Waals surface area contributed by atoms with Gasteiger partial charge < -0.3 is 10.4 Å². The zero-order valence-electron chi connectivity index (χ0n) is 27.8. The summed E-state index contributed by atoms with van der Waals surface area (Å²) in [5.41, 5.74) is 0. The molecule has 0 aliphatic rings. The van der Waals surface area contributed by atoms with Gasteiger partial charge in [0.05, 0.1) is 17.9 Å². The smallest absolute Gasteiger partial charge is 0.267 e. The third-order valence-electron chi connectivity index (χ3n) is 7.79. The van der Waals surface area contributed by atoms with Crippen LogP contribution in [0.25, 0.3) is 0 Å². The quantitative estimate of drug-likeness (QED) is 0.0404. The topological polar surface area (TPSA) is 104 Å². The lowest BCUT2D eigenvalue weighted by atomic mass is 10.0. The summed E-state index contributed by atoms with van der Waals surface area (Å²) in [6.07, 6.45) is 38.5. The Kier molecular flexibility index (Phi) is 29.6. The number of aliphatic hydroxyl groups is 1. The van der Waals surface area contributed by atoms with Crippen molar-refractivity contribution >= 4 is 16.0 Å². The van der Waals surface area contributed by atoms with Crippen LogP contribution in [0.3, 0.4) is 0 Å². The minimum atomic E-state index is -4.34. The van der Waals surface area contributed by atoms with Crippen molar-refractivity contribution in [3.05, 3.63) is 36.5 Å². The molecule has 6 nitrogen and oxygen atoms in total. The summed E-state index contributed by atoms with van der Waals surface area (Å²) in [6, 6.07) is -1.07. The van der Waals surface area contributed by atoms with Crippen LogP contribution in [0.1, 0.15) is 168 Å². The van der Waals surface area contributed by atoms with Crippen LogP contribution in [-0.2, 0) is 14.9 Å². The number of unbranched alkanes of at least 4 members (excludes halogenated alkanes) is 19. The number of hydrogen-bond acceptors (Lipinski definition) is 4. The summed E-state index contributed by atoms with van der Waals surface area (Å²) in [4.78, 5) is 12.4. The maximum Gasteiger partial charge on any atom is 0.267 e. The van der Waals surface area contributed by atoms with E-state index in [9.17, 15) is 22.9 Å². The predicted octanol–water partition coefficient (Wildman–Crippen LogP) is 9.79. The maximum absolute atomic E-state index is 12.4. The van der Waals surface area contributed by atoms with Gasteiger partial charge >= 0.3 is 0 Å². The minimum absolute atomic E-state index is 0.285. The van der Waals surface area contributed by atoms with E-state index in [0.29, 0.717) is 6.42 Å². The Balaban J connectivity index is 3.93. The highest BCUT2D eigenvalue weighted by Crippen LogP contribution is 2.13. The molecule has 0 aromatic carbocycles. The molecule has 0 bridgehead atoms. The number of rotatable bonds is 31. The Labute approximate surface area is 266 Å². The molecule has 3 N–H and O–H groups in total. The first-order chi connectivity index (χ1) is 20.8. The average Bonchev–Trinajstić information content (AvgIpc) is 2.96. The van der Waals surface area contributed by atoms with Crippen LogP contribution in [-0.4, -0.2) is 41.9 Å². The lowest BCUT2D eigenvalue weighted by molar-refractivity contribution is -0.122. The van der Waals surface area contributed by atoms with Crippen molar-refractivity contribution in [2.45, 2.75) is 180 Å². The number of amides is 1. The van der Waals surface area contributed by atoms with E-state index in [1.807, 2.05) is 0 Å². The zero-order valence-corrected chi connectivity index (χ0v) is 28.6. The zero-order chi connectivity index (χ0) is 31.9. The minimum Gasteiger partial charge on any atom is -0.387 e. The molecular formula is C36H67NO5S. The van der Waals surface area contributed by atoms with Crippen molar-refractivity contribution < 1.29 is 22.9 Å². The summed E-state index contributed by atoms with van der Waals surface area (Å²) in [6.45, 7) is 4.44. The van der Waals surface area contributed by atoms with Gasteiger partial charge in [-0.2, -0.15) is 8.42 Å². The Morgan fingerprint density at radius 2 is 1.00 bits per heavy atom. The monoisotopic (exact) mass is 625 g/mol. The van der Waals surface area contributed by atoms with Crippen molar-refractivity contribution in [2.75, 3.05) is 5.75 Å². The van der Waals surface area contributed by atoms with Crippen molar-refractivity contribution in [1.82, 2.24) is 5.32 Å². The highest BCUT2D eigenvalue weighted by atomic mass is 32.2. The van der Waals surface area contributed by atoms with E-state index in [1.165, 1.54) is 115 Å². The second-order valence-electron chi connectivity index (χ2n) is 12.1. The summed E-state index contributed by atoms with van der Waals surface area (Å²) in [5, 5.41) is 13.1. The normalized spacial score (nSPS) is 13.9. The molecule has 0 radical (unpaired) electrons. The Morgan fingerprint density at radius 1 is 0.605 bits per heavy atom. The Morgan fingerprint density at radius 3 is 1.51 bits per heavy atom. The largest absolute Gasteiger partial charge is 0.387 e. The molecular weight excluding hydrogens is 558 g/mol. The summed E-state index contributed by atoms with van der Waals surface area (Å²) < 4.78 is 32.2. The lowest BCUT2D eigenvalue weighted by Gasteiger charge is -2.21. The molecule has 0 fully saturated rings. The van der Waals surface area contributed by atoms with Gasteiger partial charge in [-0.1, -0.05) is 140 Å². The Hall–Kier alpha value is -1.44. The molecule has 0 aliphatic heterocycles. The van der Waals surface area contributed by atoms with Crippen LogP contribution in [0, 0.1) is 0 Å². The van der Waals surface area contributed by atoms with Crippen LogP contribution in [0.15, 0.2) is 36.5 Å². The lowest BCUT2D eigenvalue weighted by Crippen LogP contribution is -2.46. The first kappa shape index (κ1) is 41.6. The first-order valence-corrected chi connectivity index (χ1v) is 19.3. The predicted molar refractivity (Wildman–Crippen MR) is 184 cm³/mol. The molecule has 7 heteroatoms. The van der Waals surface area contributed by atoms with Crippen LogP contribution in [0.5, 0.6) is 0 Å². The van der Waals surface area contributed by atoms with Gasteiger partial charge in [0.1, 0.15) is 0 Å². The van der Waals surface area contributed by atoms with Crippen molar-refractivity contribution in [1.29, 1.82) is 0 Å². The number of carbonyl (C=O) groups is 1. The van der Waals surface area contributed by atoms with Crippen LogP contribution < -0.4 is 5.32 Å². The van der Waals surface area contributed by atoms with Gasteiger partial charge in [0.15, 0.2) is 0 Å². The highest BCUT2D eigenvalue weighted by molar-refractivity contribution is 7.85. The maximum atomic E-state index is 12.4. The summed E-state index contributed by atoms with van der Waals surface area (Å²) in [5.74, 6) is -1.01. The number of aliphatic hydroxyl groups excluding tert-OH is 1. The van der Waals surface area contributed by atoms with Gasteiger partial charge in [-0.3, -0.25) is 9.35 Å². The molecule has 0 aromatic heterocycles. The van der Waals surface area contributed by atoms with E-state index in [1.54, 1.807) is 6.08 Å². The molecule has 2 unspecified atom stereocenters. The van der Waals surface area contributed by atoms with Crippen molar-refractivity contribution in [3.8, 4) is 0 Å². The van der Waals surface area contributed by atoms with Crippen molar-refractivity contribution in [3.63, 3.8) is 0 Å². The SMILES string of the molecule is CCCCC/C=C/CC/C=C/C(O)C(CS(=O)(=O)O)NC(=O)CCCCCCCCCCC/C=C\CCCCCCCC. The number of hydrogen-bond donors (Lipinski definition) is 3. The van der Waals surface area contributed by atoms with Gasteiger partial charge in [0.2, 0.25) is 5.91 Å². The fourth-order valence-corrected chi connectivity index (χ4v) is 5.84. The molecule has 0 spiro atoms. The fraction of sp³-hybridized carbons (Fsp3) is 0.806. The number of nitrogens with one attached hydrogen (secondary N) is 1. The molecule has 0 rings (SSSR count). The number of allylic oxidation sites excluding steroid dienone is 5.